The Hall–Kier alpha value is -1.76. The number of hydrogen-bond acceptors (Lipinski definition) is 3. The molecule has 1 aromatic heterocycles. The maximum Gasteiger partial charge on any atom is 0.168 e. The first-order valence-electron chi connectivity index (χ1n) is 6.28. The Kier molecular flexibility index (Phi) is 5.65. The van der Waals surface area contributed by atoms with Gasteiger partial charge in [0.25, 0.3) is 0 Å². The molecular weight excluding hydrogens is 376 g/mol. The molecule has 2 aromatic rings. The van der Waals surface area contributed by atoms with Crippen LogP contribution in [0, 0.1) is 11.6 Å². The molecule has 1 atom stereocenters. The molecule has 0 amide bonds. The highest BCUT2D eigenvalue weighted by Crippen LogP contribution is 2.31. The highest BCUT2D eigenvalue weighted by Gasteiger charge is 2.19. The van der Waals surface area contributed by atoms with Gasteiger partial charge in [0, 0.05) is 26.1 Å². The second-order valence-corrected chi connectivity index (χ2v) is 6.30. The minimum absolute atomic E-state index is 0.114. The Labute approximate surface area is 137 Å². The Morgan fingerprint density at radius 1 is 1.41 bits per heavy atom. The first-order valence-corrected chi connectivity index (χ1v) is 7.95. The normalized spacial score (nSPS) is 11.8. The number of thiophene rings is 1. The Morgan fingerprint density at radius 3 is 2.64 bits per heavy atom. The SMILES string of the molecule is [N-]=[N+]=NC(CCC(=O)c1c(F)cccc1F)c1cc(Br)cs1. The van der Waals surface area contributed by atoms with Crippen LogP contribution in [0.5, 0.6) is 0 Å². The van der Waals surface area contributed by atoms with E-state index in [2.05, 4.69) is 26.0 Å². The third-order valence-electron chi connectivity index (χ3n) is 2.99. The van der Waals surface area contributed by atoms with Crippen LogP contribution in [0.1, 0.15) is 34.1 Å². The fraction of sp³-hybridized carbons (Fsp3) is 0.214. The molecule has 0 aliphatic carbocycles. The quantitative estimate of drug-likeness (QED) is 0.268. The summed E-state index contributed by atoms with van der Waals surface area (Å²) in [7, 11) is 0. The highest BCUT2D eigenvalue weighted by molar-refractivity contribution is 9.10. The molecule has 0 saturated carbocycles. The lowest BCUT2D eigenvalue weighted by Crippen LogP contribution is -2.07. The zero-order valence-corrected chi connectivity index (χ0v) is 13.6. The first kappa shape index (κ1) is 16.6. The summed E-state index contributed by atoms with van der Waals surface area (Å²) in [6.07, 6.45) is 0.0701. The minimum atomic E-state index is -0.885. The van der Waals surface area contributed by atoms with Gasteiger partial charge in [-0.2, -0.15) is 0 Å². The van der Waals surface area contributed by atoms with Crippen LogP contribution in [0.3, 0.4) is 0 Å². The van der Waals surface area contributed by atoms with Gasteiger partial charge in [-0.3, -0.25) is 4.79 Å². The second-order valence-electron chi connectivity index (χ2n) is 4.45. The summed E-state index contributed by atoms with van der Waals surface area (Å²) in [5.74, 6) is -2.42. The molecule has 1 heterocycles. The van der Waals surface area contributed by atoms with Crippen molar-refractivity contribution in [3.63, 3.8) is 0 Å². The molecule has 0 aliphatic heterocycles. The molecule has 114 valence electrons. The van der Waals surface area contributed by atoms with E-state index in [0.29, 0.717) is 0 Å². The zero-order valence-electron chi connectivity index (χ0n) is 11.2. The standard InChI is InChI=1S/C14H10BrF2N3OS/c15-8-6-13(22-7-8)11(19-20-18)4-5-12(21)14-9(16)2-1-3-10(14)17/h1-3,6-7,11H,4-5H2. The summed E-state index contributed by atoms with van der Waals surface area (Å²) in [6.45, 7) is 0. The van der Waals surface area contributed by atoms with Crippen molar-refractivity contribution < 1.29 is 13.6 Å². The largest absolute Gasteiger partial charge is 0.294 e. The summed E-state index contributed by atoms with van der Waals surface area (Å²) in [5, 5.41) is 5.48. The van der Waals surface area contributed by atoms with E-state index in [9.17, 15) is 13.6 Å². The van der Waals surface area contributed by atoms with E-state index < -0.39 is 29.0 Å². The Bertz CT molecular complexity index is 723. The van der Waals surface area contributed by atoms with Gasteiger partial charge in [-0.1, -0.05) is 11.2 Å². The number of halogens is 3. The smallest absolute Gasteiger partial charge is 0.168 e. The van der Waals surface area contributed by atoms with Gasteiger partial charge in [-0.25, -0.2) is 8.78 Å². The third kappa shape index (κ3) is 3.91. The molecule has 22 heavy (non-hydrogen) atoms. The first-order chi connectivity index (χ1) is 10.5. The number of azide groups is 1. The van der Waals surface area contributed by atoms with Crippen LogP contribution in [-0.4, -0.2) is 5.78 Å². The fourth-order valence-corrected chi connectivity index (χ4v) is 3.49. The average Bonchev–Trinajstić information content (AvgIpc) is 2.89. The van der Waals surface area contributed by atoms with Crippen molar-refractivity contribution in [1.29, 1.82) is 0 Å². The molecule has 8 heteroatoms. The van der Waals surface area contributed by atoms with Crippen LogP contribution in [0.4, 0.5) is 8.78 Å². The topological polar surface area (TPSA) is 65.8 Å². The fourth-order valence-electron chi connectivity index (χ4n) is 1.98. The minimum Gasteiger partial charge on any atom is -0.294 e. The number of rotatable bonds is 6. The van der Waals surface area contributed by atoms with E-state index in [1.165, 1.54) is 17.4 Å². The van der Waals surface area contributed by atoms with E-state index in [0.717, 1.165) is 21.5 Å². The molecule has 0 radical (unpaired) electrons. The molecule has 0 spiro atoms. The lowest BCUT2D eigenvalue weighted by Gasteiger charge is -2.09. The van der Waals surface area contributed by atoms with Crippen LogP contribution in [0.2, 0.25) is 0 Å². The van der Waals surface area contributed by atoms with Gasteiger partial charge < -0.3 is 0 Å². The Morgan fingerprint density at radius 2 is 2.09 bits per heavy atom. The summed E-state index contributed by atoms with van der Waals surface area (Å²) in [4.78, 5) is 15.6. The van der Waals surface area contributed by atoms with Gasteiger partial charge in [-0.05, 0) is 46.1 Å². The zero-order chi connectivity index (χ0) is 16.1. The number of benzene rings is 1. The van der Waals surface area contributed by atoms with Crippen LogP contribution in [0.25, 0.3) is 10.4 Å². The van der Waals surface area contributed by atoms with Crippen molar-refractivity contribution in [1.82, 2.24) is 0 Å². The van der Waals surface area contributed by atoms with E-state index in [1.54, 1.807) is 6.07 Å². The van der Waals surface area contributed by atoms with E-state index in [-0.39, 0.29) is 12.8 Å². The number of Topliss-reactive ketones (excluding diaryl/α,β-unsaturated/α-hetero) is 1. The monoisotopic (exact) mass is 385 g/mol. The summed E-state index contributed by atoms with van der Waals surface area (Å²) in [6, 6.07) is 4.53. The summed E-state index contributed by atoms with van der Waals surface area (Å²) < 4.78 is 27.9. The summed E-state index contributed by atoms with van der Waals surface area (Å²) in [5.41, 5.74) is 8.07. The van der Waals surface area contributed by atoms with Crippen LogP contribution in [0.15, 0.2) is 39.2 Å². The van der Waals surface area contributed by atoms with Gasteiger partial charge in [-0.15, -0.1) is 11.3 Å². The molecule has 0 N–H and O–H groups in total. The van der Waals surface area contributed by atoms with Crippen LogP contribution in [-0.2, 0) is 0 Å². The van der Waals surface area contributed by atoms with Gasteiger partial charge in [0.15, 0.2) is 5.78 Å². The molecule has 1 aromatic carbocycles. The highest BCUT2D eigenvalue weighted by atomic mass is 79.9. The van der Waals surface area contributed by atoms with Crippen molar-refractivity contribution in [2.24, 2.45) is 5.11 Å². The van der Waals surface area contributed by atoms with Crippen LogP contribution < -0.4 is 0 Å². The third-order valence-corrected chi connectivity index (χ3v) is 4.79. The molecule has 2 rings (SSSR count). The molecular formula is C14H10BrF2N3OS. The number of hydrogen-bond donors (Lipinski definition) is 0. The van der Waals surface area contributed by atoms with Gasteiger partial charge in [0.05, 0.1) is 11.6 Å². The molecule has 0 saturated heterocycles. The summed E-state index contributed by atoms with van der Waals surface area (Å²) >= 11 is 4.68. The van der Waals surface area contributed by atoms with Gasteiger partial charge >= 0.3 is 0 Å². The number of nitrogens with zero attached hydrogens (tertiary/aromatic N) is 3. The van der Waals surface area contributed by atoms with Crippen molar-refractivity contribution >= 4 is 33.0 Å². The number of carbonyl (C=O) groups excluding carboxylic acids is 1. The molecule has 0 bridgehead atoms. The predicted octanol–water partition coefficient (Wildman–Crippen LogP) is 5.80. The Balaban J connectivity index is 2.13. The van der Waals surface area contributed by atoms with Crippen molar-refractivity contribution in [2.75, 3.05) is 0 Å². The number of ketones is 1. The van der Waals surface area contributed by atoms with E-state index in [4.69, 9.17) is 5.53 Å². The van der Waals surface area contributed by atoms with Crippen molar-refractivity contribution in [2.45, 2.75) is 18.9 Å². The predicted molar refractivity (Wildman–Crippen MR) is 83.8 cm³/mol. The van der Waals surface area contributed by atoms with E-state index >= 15 is 0 Å². The average molecular weight is 386 g/mol. The number of carbonyl (C=O) groups is 1. The molecule has 0 fully saturated rings. The molecule has 4 nitrogen and oxygen atoms in total. The lowest BCUT2D eigenvalue weighted by molar-refractivity contribution is 0.0969. The molecule has 1 unspecified atom stereocenters. The maximum absolute atomic E-state index is 13.6. The van der Waals surface area contributed by atoms with Crippen LogP contribution >= 0.6 is 27.3 Å². The molecule has 0 aliphatic rings. The van der Waals surface area contributed by atoms with E-state index in [1.807, 2.05) is 5.38 Å². The maximum atomic E-state index is 13.6. The second kappa shape index (κ2) is 7.49. The van der Waals surface area contributed by atoms with Gasteiger partial charge in [0.1, 0.15) is 11.6 Å². The van der Waals surface area contributed by atoms with Gasteiger partial charge in [0.2, 0.25) is 0 Å². The lowest BCUT2D eigenvalue weighted by atomic mass is 10.0. The van der Waals surface area contributed by atoms with Crippen molar-refractivity contribution in [3.8, 4) is 0 Å². The van der Waals surface area contributed by atoms with Crippen molar-refractivity contribution in [3.05, 3.63) is 66.6 Å².